The number of thiazole rings is 1. The minimum Gasteiger partial charge on any atom is -0.369 e. The molecule has 3 nitrogen and oxygen atoms in total. The fourth-order valence-electron chi connectivity index (χ4n) is 1.79. The second kappa shape index (κ2) is 3.46. The third-order valence-corrected chi connectivity index (χ3v) is 3.47. The highest BCUT2D eigenvalue weighted by Crippen LogP contribution is 2.32. The highest BCUT2D eigenvalue weighted by molar-refractivity contribution is 7.10. The lowest BCUT2D eigenvalue weighted by Crippen LogP contribution is -2.20. The van der Waals surface area contributed by atoms with Crippen molar-refractivity contribution in [1.29, 1.82) is 0 Å². The fraction of sp³-hybridized carbons (Fsp3) is 0.556. The van der Waals surface area contributed by atoms with Crippen LogP contribution in [0.5, 0.6) is 0 Å². The first kappa shape index (κ1) is 8.69. The predicted molar refractivity (Wildman–Crippen MR) is 51.6 cm³/mol. The second-order valence-electron chi connectivity index (χ2n) is 3.36. The first-order chi connectivity index (χ1) is 6.29. The number of nitrogens with zero attached hydrogens (tertiary/aromatic N) is 1. The zero-order valence-corrected chi connectivity index (χ0v) is 8.14. The minimum absolute atomic E-state index is 0.0787. The number of hydrogen-bond acceptors (Lipinski definition) is 3. The highest BCUT2D eigenvalue weighted by Gasteiger charge is 2.24. The maximum atomic E-state index is 11.2. The Bertz CT molecular complexity index is 321. The van der Waals surface area contributed by atoms with Crippen molar-refractivity contribution in [1.82, 2.24) is 4.98 Å². The molecular weight excluding hydrogens is 184 g/mol. The number of aryl methyl sites for hydroxylation is 1. The average molecular weight is 196 g/mol. The molecule has 4 heteroatoms. The molecule has 1 atom stereocenters. The number of aromatic nitrogens is 1. The molecule has 1 heterocycles. The molecule has 0 aliphatic heterocycles. The SMILES string of the molecule is NC(=O)C1CCCCc2ncsc21. The lowest BCUT2D eigenvalue weighted by molar-refractivity contribution is -0.119. The smallest absolute Gasteiger partial charge is 0.225 e. The maximum Gasteiger partial charge on any atom is 0.225 e. The molecule has 1 unspecified atom stereocenters. The molecule has 0 fully saturated rings. The number of amides is 1. The summed E-state index contributed by atoms with van der Waals surface area (Å²) in [4.78, 5) is 16.5. The van der Waals surface area contributed by atoms with Crippen LogP contribution >= 0.6 is 11.3 Å². The van der Waals surface area contributed by atoms with E-state index in [1.165, 1.54) is 0 Å². The number of nitrogens with two attached hydrogens (primary N) is 1. The van der Waals surface area contributed by atoms with Gasteiger partial charge in [-0.1, -0.05) is 6.42 Å². The van der Waals surface area contributed by atoms with Gasteiger partial charge in [0.2, 0.25) is 5.91 Å². The third kappa shape index (κ3) is 1.58. The van der Waals surface area contributed by atoms with E-state index in [-0.39, 0.29) is 11.8 Å². The van der Waals surface area contributed by atoms with Crippen molar-refractivity contribution < 1.29 is 4.79 Å². The molecule has 0 saturated carbocycles. The van der Waals surface area contributed by atoms with E-state index in [1.807, 2.05) is 5.51 Å². The molecule has 2 N–H and O–H groups in total. The summed E-state index contributed by atoms with van der Waals surface area (Å²) in [5.41, 5.74) is 8.25. The lowest BCUT2D eigenvalue weighted by atomic mass is 10.0. The topological polar surface area (TPSA) is 56.0 Å². The Morgan fingerprint density at radius 1 is 1.62 bits per heavy atom. The standard InChI is InChI=1S/C9H12N2OS/c10-9(12)6-3-1-2-4-7-8(6)13-5-11-7/h5-6H,1-4H2,(H2,10,12). The monoisotopic (exact) mass is 196 g/mol. The van der Waals surface area contributed by atoms with Gasteiger partial charge in [0, 0.05) is 4.88 Å². The molecule has 0 saturated heterocycles. The first-order valence-corrected chi connectivity index (χ1v) is 5.38. The largest absolute Gasteiger partial charge is 0.369 e. The summed E-state index contributed by atoms with van der Waals surface area (Å²) in [7, 11) is 0. The van der Waals surface area contributed by atoms with E-state index in [9.17, 15) is 4.79 Å². The van der Waals surface area contributed by atoms with E-state index in [1.54, 1.807) is 11.3 Å². The van der Waals surface area contributed by atoms with Crippen molar-refractivity contribution in [2.24, 2.45) is 5.73 Å². The van der Waals surface area contributed by atoms with Gasteiger partial charge in [-0.25, -0.2) is 4.98 Å². The van der Waals surface area contributed by atoms with Gasteiger partial charge in [0.25, 0.3) is 0 Å². The molecule has 0 bridgehead atoms. The van der Waals surface area contributed by atoms with Crippen LogP contribution < -0.4 is 5.73 Å². The molecule has 13 heavy (non-hydrogen) atoms. The van der Waals surface area contributed by atoms with Gasteiger partial charge in [0.15, 0.2) is 0 Å². The molecule has 1 aliphatic rings. The number of carbonyl (C=O) groups excluding carboxylic acids is 1. The Morgan fingerprint density at radius 3 is 3.23 bits per heavy atom. The fourth-order valence-corrected chi connectivity index (χ4v) is 2.78. The Morgan fingerprint density at radius 2 is 2.46 bits per heavy atom. The van der Waals surface area contributed by atoms with Gasteiger partial charge < -0.3 is 5.73 Å². The number of rotatable bonds is 1. The van der Waals surface area contributed by atoms with Crippen molar-refractivity contribution in [3.05, 3.63) is 16.1 Å². The summed E-state index contributed by atoms with van der Waals surface area (Å²) in [6, 6.07) is 0. The Balaban J connectivity index is 2.36. The van der Waals surface area contributed by atoms with E-state index in [4.69, 9.17) is 5.73 Å². The molecule has 1 aliphatic carbocycles. The zero-order chi connectivity index (χ0) is 9.26. The summed E-state index contributed by atoms with van der Waals surface area (Å²) < 4.78 is 0. The molecule has 2 rings (SSSR count). The van der Waals surface area contributed by atoms with Gasteiger partial charge in [-0.2, -0.15) is 0 Å². The zero-order valence-electron chi connectivity index (χ0n) is 7.32. The second-order valence-corrected chi connectivity index (χ2v) is 4.25. The van der Waals surface area contributed by atoms with Crippen LogP contribution in [0.1, 0.15) is 35.8 Å². The number of primary amides is 1. The van der Waals surface area contributed by atoms with Crippen molar-refractivity contribution in [3.63, 3.8) is 0 Å². The molecule has 1 aromatic rings. The summed E-state index contributed by atoms with van der Waals surface area (Å²) in [6.45, 7) is 0. The van der Waals surface area contributed by atoms with Crippen LogP contribution in [0.3, 0.4) is 0 Å². The predicted octanol–water partition coefficient (Wildman–Crippen LogP) is 1.44. The van der Waals surface area contributed by atoms with E-state index in [2.05, 4.69) is 4.98 Å². The van der Waals surface area contributed by atoms with Gasteiger partial charge in [-0.05, 0) is 19.3 Å². The van der Waals surface area contributed by atoms with Crippen LogP contribution in [-0.4, -0.2) is 10.9 Å². The van der Waals surface area contributed by atoms with E-state index < -0.39 is 0 Å². The number of fused-ring (bicyclic) bond motifs is 1. The van der Waals surface area contributed by atoms with Crippen LogP contribution in [0.4, 0.5) is 0 Å². The van der Waals surface area contributed by atoms with Crippen molar-refractivity contribution in [2.75, 3.05) is 0 Å². The van der Waals surface area contributed by atoms with Gasteiger partial charge in [-0.15, -0.1) is 11.3 Å². The summed E-state index contributed by atoms with van der Waals surface area (Å²) in [6.07, 6.45) is 4.10. The third-order valence-electron chi connectivity index (χ3n) is 2.49. The van der Waals surface area contributed by atoms with Gasteiger partial charge in [0.1, 0.15) is 0 Å². The highest BCUT2D eigenvalue weighted by atomic mass is 32.1. The van der Waals surface area contributed by atoms with Crippen LogP contribution in [0.25, 0.3) is 0 Å². The molecule has 0 spiro atoms. The summed E-state index contributed by atoms with van der Waals surface area (Å²) in [5, 5.41) is 0. The van der Waals surface area contributed by atoms with Crippen LogP contribution in [-0.2, 0) is 11.2 Å². The van der Waals surface area contributed by atoms with Crippen molar-refractivity contribution in [2.45, 2.75) is 31.6 Å². The Labute approximate surface area is 81.0 Å². The van der Waals surface area contributed by atoms with E-state index >= 15 is 0 Å². The number of carbonyl (C=O) groups is 1. The van der Waals surface area contributed by atoms with Gasteiger partial charge >= 0.3 is 0 Å². The van der Waals surface area contributed by atoms with Crippen molar-refractivity contribution in [3.8, 4) is 0 Å². The van der Waals surface area contributed by atoms with Crippen LogP contribution in [0.2, 0.25) is 0 Å². The average Bonchev–Trinajstić information content (AvgIpc) is 2.44. The summed E-state index contributed by atoms with van der Waals surface area (Å²) >= 11 is 1.56. The Kier molecular flexibility index (Phi) is 2.31. The quantitative estimate of drug-likeness (QED) is 0.691. The Hall–Kier alpha value is -0.900. The molecular formula is C9H12N2OS. The molecule has 70 valence electrons. The first-order valence-electron chi connectivity index (χ1n) is 4.50. The van der Waals surface area contributed by atoms with Crippen LogP contribution in [0.15, 0.2) is 5.51 Å². The molecule has 1 amide bonds. The van der Waals surface area contributed by atoms with Gasteiger partial charge in [0.05, 0.1) is 17.1 Å². The lowest BCUT2D eigenvalue weighted by Gasteiger charge is -2.08. The van der Waals surface area contributed by atoms with Gasteiger partial charge in [-0.3, -0.25) is 4.79 Å². The van der Waals surface area contributed by atoms with E-state index in [0.717, 1.165) is 36.3 Å². The maximum absolute atomic E-state index is 11.2. The van der Waals surface area contributed by atoms with Crippen molar-refractivity contribution >= 4 is 17.2 Å². The summed E-state index contributed by atoms with van der Waals surface area (Å²) in [5.74, 6) is -0.280. The number of hydrogen-bond donors (Lipinski definition) is 1. The van der Waals surface area contributed by atoms with Crippen LogP contribution in [0, 0.1) is 0 Å². The minimum atomic E-state index is -0.201. The normalized spacial score (nSPS) is 22.0. The molecule has 0 aromatic carbocycles. The molecule has 1 aromatic heterocycles. The molecule has 0 radical (unpaired) electrons. The van der Waals surface area contributed by atoms with E-state index in [0.29, 0.717) is 0 Å².